The maximum atomic E-state index is 14.9. The first kappa shape index (κ1) is 12.6. The average molecular weight is 277 g/mol. The van der Waals surface area contributed by atoms with Gasteiger partial charge in [0.1, 0.15) is 0 Å². The van der Waals surface area contributed by atoms with E-state index in [9.17, 15) is 18.8 Å². The lowest BCUT2D eigenvalue weighted by Crippen LogP contribution is -2.60. The van der Waals surface area contributed by atoms with Gasteiger partial charge in [0.25, 0.3) is 17.6 Å². The summed E-state index contributed by atoms with van der Waals surface area (Å²) in [4.78, 5) is 35.9. The molecule has 1 fully saturated rings. The molecular formula is C13H12FN3O3. The Hall–Kier alpha value is -2.44. The minimum absolute atomic E-state index is 0.0304. The predicted octanol–water partition coefficient (Wildman–Crippen LogP) is 0.327. The molecule has 3 amide bonds. The van der Waals surface area contributed by atoms with Crippen LogP contribution in [0.4, 0.5) is 10.1 Å². The smallest absolute Gasteiger partial charge is 0.285 e. The van der Waals surface area contributed by atoms with E-state index in [2.05, 4.69) is 0 Å². The fourth-order valence-electron chi connectivity index (χ4n) is 2.56. The first-order chi connectivity index (χ1) is 9.41. The van der Waals surface area contributed by atoms with Gasteiger partial charge in [0.15, 0.2) is 0 Å². The molecule has 7 heteroatoms. The molecule has 2 aliphatic heterocycles. The minimum atomic E-state index is -2.49. The third-order valence-electron chi connectivity index (χ3n) is 3.65. The number of amides is 3. The minimum Gasteiger partial charge on any atom is -0.399 e. The van der Waals surface area contributed by atoms with Crippen LogP contribution >= 0.6 is 0 Å². The number of alkyl halides is 1. The van der Waals surface area contributed by atoms with Gasteiger partial charge in [0, 0.05) is 24.1 Å². The molecular weight excluding hydrogens is 265 g/mol. The predicted molar refractivity (Wildman–Crippen MR) is 67.0 cm³/mol. The summed E-state index contributed by atoms with van der Waals surface area (Å²) in [6, 6.07) is 4.65. The number of carbonyl (C=O) groups excluding carboxylic acids is 3. The summed E-state index contributed by atoms with van der Waals surface area (Å²) >= 11 is 0. The fourth-order valence-corrected chi connectivity index (χ4v) is 2.56. The van der Waals surface area contributed by atoms with Gasteiger partial charge in [-0.2, -0.15) is 0 Å². The lowest BCUT2D eigenvalue weighted by atomic mass is 10.0. The molecule has 1 unspecified atom stereocenters. The van der Waals surface area contributed by atoms with E-state index in [4.69, 9.17) is 5.73 Å². The van der Waals surface area contributed by atoms with Gasteiger partial charge >= 0.3 is 0 Å². The van der Waals surface area contributed by atoms with Crippen LogP contribution in [0, 0.1) is 0 Å². The lowest BCUT2D eigenvalue weighted by Gasteiger charge is -2.35. The van der Waals surface area contributed by atoms with E-state index in [1.54, 1.807) is 12.1 Å². The van der Waals surface area contributed by atoms with Crippen LogP contribution in [0.5, 0.6) is 0 Å². The van der Waals surface area contributed by atoms with Crippen molar-refractivity contribution in [2.75, 3.05) is 5.73 Å². The number of hydrogen-bond donors (Lipinski definition) is 2. The van der Waals surface area contributed by atoms with Crippen LogP contribution in [0.3, 0.4) is 0 Å². The highest BCUT2D eigenvalue weighted by atomic mass is 19.1. The fraction of sp³-hybridized carbons (Fsp3) is 0.308. The molecule has 20 heavy (non-hydrogen) atoms. The molecule has 3 N–H and O–H groups in total. The Bertz CT molecular complexity index is 646. The van der Waals surface area contributed by atoms with Crippen molar-refractivity contribution in [2.45, 2.75) is 25.2 Å². The second-order valence-electron chi connectivity index (χ2n) is 4.94. The van der Waals surface area contributed by atoms with E-state index in [0.29, 0.717) is 16.8 Å². The largest absolute Gasteiger partial charge is 0.399 e. The quantitative estimate of drug-likeness (QED) is 0.439. The monoisotopic (exact) mass is 277 g/mol. The molecule has 6 nitrogen and oxygen atoms in total. The van der Waals surface area contributed by atoms with Crippen molar-refractivity contribution in [3.05, 3.63) is 29.3 Å². The highest BCUT2D eigenvalue weighted by molar-refractivity contribution is 6.06. The van der Waals surface area contributed by atoms with Gasteiger partial charge in [-0.25, -0.2) is 4.39 Å². The molecule has 1 aromatic carbocycles. The van der Waals surface area contributed by atoms with Gasteiger partial charge in [-0.3, -0.25) is 24.6 Å². The van der Waals surface area contributed by atoms with Crippen molar-refractivity contribution < 1.29 is 18.8 Å². The summed E-state index contributed by atoms with van der Waals surface area (Å²) in [5, 5.41) is 1.93. The van der Waals surface area contributed by atoms with Crippen molar-refractivity contribution in [3.63, 3.8) is 0 Å². The number of imide groups is 1. The Morgan fingerprint density at radius 3 is 2.75 bits per heavy atom. The Morgan fingerprint density at radius 1 is 1.30 bits per heavy atom. The number of rotatable bonds is 1. The molecule has 0 spiro atoms. The van der Waals surface area contributed by atoms with Crippen LogP contribution in [-0.2, 0) is 16.1 Å². The first-order valence-electron chi connectivity index (χ1n) is 6.15. The first-order valence-corrected chi connectivity index (χ1v) is 6.15. The number of nitrogens with zero attached hydrogens (tertiary/aromatic N) is 1. The van der Waals surface area contributed by atoms with Crippen LogP contribution in [0.1, 0.15) is 28.8 Å². The van der Waals surface area contributed by atoms with Gasteiger partial charge < -0.3 is 5.73 Å². The number of halogens is 1. The van der Waals surface area contributed by atoms with E-state index in [1.165, 1.54) is 6.07 Å². The molecule has 1 aromatic rings. The molecule has 0 aliphatic carbocycles. The van der Waals surface area contributed by atoms with Crippen LogP contribution < -0.4 is 11.1 Å². The molecule has 0 aromatic heterocycles. The van der Waals surface area contributed by atoms with Crippen molar-refractivity contribution in [3.8, 4) is 0 Å². The Labute approximate surface area is 113 Å². The molecule has 1 saturated heterocycles. The zero-order valence-corrected chi connectivity index (χ0v) is 10.5. The van der Waals surface area contributed by atoms with Crippen molar-refractivity contribution in [1.29, 1.82) is 0 Å². The van der Waals surface area contributed by atoms with Gasteiger partial charge in [-0.05, 0) is 23.8 Å². The Morgan fingerprint density at radius 2 is 2.05 bits per heavy atom. The number of nitrogens with one attached hydrogen (secondary N) is 1. The van der Waals surface area contributed by atoms with E-state index in [-0.39, 0.29) is 19.4 Å². The van der Waals surface area contributed by atoms with Crippen LogP contribution in [-0.4, -0.2) is 28.4 Å². The van der Waals surface area contributed by atoms with Crippen molar-refractivity contribution in [2.24, 2.45) is 0 Å². The van der Waals surface area contributed by atoms with E-state index in [0.717, 1.165) is 4.90 Å². The van der Waals surface area contributed by atoms with E-state index < -0.39 is 23.5 Å². The molecule has 0 bridgehead atoms. The summed E-state index contributed by atoms with van der Waals surface area (Å²) in [5.41, 5.74) is 7.01. The number of anilines is 1. The maximum absolute atomic E-state index is 14.9. The Balaban J connectivity index is 1.95. The summed E-state index contributed by atoms with van der Waals surface area (Å²) in [5.74, 6) is -4.66. The Kier molecular flexibility index (Phi) is 2.53. The van der Waals surface area contributed by atoms with E-state index >= 15 is 0 Å². The summed E-state index contributed by atoms with van der Waals surface area (Å²) in [6.07, 6.45) is -0.461. The zero-order valence-electron chi connectivity index (χ0n) is 10.5. The number of hydrogen-bond acceptors (Lipinski definition) is 4. The van der Waals surface area contributed by atoms with Crippen LogP contribution in [0.25, 0.3) is 0 Å². The summed E-state index contributed by atoms with van der Waals surface area (Å²) < 4.78 is 14.9. The molecule has 1 atom stereocenters. The van der Waals surface area contributed by atoms with Crippen LogP contribution in [0.2, 0.25) is 0 Å². The maximum Gasteiger partial charge on any atom is 0.285 e. The zero-order chi connectivity index (χ0) is 14.5. The normalized spacial score (nSPS) is 25.6. The van der Waals surface area contributed by atoms with Crippen molar-refractivity contribution in [1.82, 2.24) is 10.2 Å². The number of piperidine rings is 1. The summed E-state index contributed by atoms with van der Waals surface area (Å²) in [6.45, 7) is -0.0304. The molecule has 3 rings (SSSR count). The number of carbonyl (C=O) groups is 3. The third kappa shape index (κ3) is 1.66. The van der Waals surface area contributed by atoms with Gasteiger partial charge in [-0.1, -0.05) is 0 Å². The highest BCUT2D eigenvalue weighted by Gasteiger charge is 2.52. The topological polar surface area (TPSA) is 92.5 Å². The molecule has 104 valence electrons. The average Bonchev–Trinajstić information content (AvgIpc) is 2.72. The molecule has 0 saturated carbocycles. The standard InChI is InChI=1S/C13H12FN3O3/c14-13(4-3-10(18)16-12(13)20)17-6-7-5-8(15)1-2-9(7)11(17)19/h1-2,5H,3-4,6,15H2,(H,16,18,20). The summed E-state index contributed by atoms with van der Waals surface area (Å²) in [7, 11) is 0. The molecule has 2 aliphatic rings. The molecule has 2 heterocycles. The van der Waals surface area contributed by atoms with Crippen molar-refractivity contribution >= 4 is 23.4 Å². The van der Waals surface area contributed by atoms with Crippen LogP contribution in [0.15, 0.2) is 18.2 Å². The van der Waals surface area contributed by atoms with Gasteiger partial charge in [-0.15, -0.1) is 0 Å². The highest BCUT2D eigenvalue weighted by Crippen LogP contribution is 2.35. The second-order valence-corrected chi connectivity index (χ2v) is 4.94. The van der Waals surface area contributed by atoms with Gasteiger partial charge in [0.05, 0.1) is 6.54 Å². The van der Waals surface area contributed by atoms with E-state index in [1.807, 2.05) is 5.32 Å². The number of nitrogens with two attached hydrogens (primary N) is 1. The molecule has 0 radical (unpaired) electrons. The number of fused-ring (bicyclic) bond motifs is 1. The number of nitrogen functional groups attached to an aromatic ring is 1. The number of benzene rings is 1. The van der Waals surface area contributed by atoms with Gasteiger partial charge in [0.2, 0.25) is 5.91 Å². The lowest BCUT2D eigenvalue weighted by molar-refractivity contribution is -0.154. The second kappa shape index (κ2) is 4.03. The third-order valence-corrected chi connectivity index (χ3v) is 3.65. The SMILES string of the molecule is Nc1ccc2c(c1)CN(C1(F)CCC(=O)NC1=O)C2=O.